The zero-order valence-electron chi connectivity index (χ0n) is 16.4. The molecule has 2 aromatic carbocycles. The first-order valence-electron chi connectivity index (χ1n) is 10.0. The van der Waals surface area contributed by atoms with Gasteiger partial charge in [-0.1, -0.05) is 48.5 Å². The van der Waals surface area contributed by atoms with Crippen molar-refractivity contribution in [3.05, 3.63) is 78.0 Å². The van der Waals surface area contributed by atoms with E-state index >= 15 is 0 Å². The van der Waals surface area contributed by atoms with Crippen molar-refractivity contribution in [3.63, 3.8) is 0 Å². The SMILES string of the molecule is O=C(C=Cc1cn(CC(O)CN2CCOCC2)c2ccccc12)c1ccccc1. The molecule has 1 aliphatic heterocycles. The average Bonchev–Trinajstić information content (AvgIpc) is 3.11. The lowest BCUT2D eigenvalue weighted by Crippen LogP contribution is -2.41. The van der Waals surface area contributed by atoms with Crippen LogP contribution in [-0.2, 0) is 11.3 Å². The van der Waals surface area contributed by atoms with Crippen molar-refractivity contribution in [2.45, 2.75) is 12.6 Å². The number of hydrogen-bond acceptors (Lipinski definition) is 4. The Morgan fingerprint density at radius 2 is 1.76 bits per heavy atom. The quantitative estimate of drug-likeness (QED) is 0.497. The fraction of sp³-hybridized carbons (Fsp3) is 0.292. The Morgan fingerprint density at radius 3 is 2.55 bits per heavy atom. The van der Waals surface area contributed by atoms with Gasteiger partial charge in [0, 0.05) is 54.4 Å². The monoisotopic (exact) mass is 390 g/mol. The van der Waals surface area contributed by atoms with Crippen LogP contribution in [0.2, 0.25) is 0 Å². The lowest BCUT2D eigenvalue weighted by atomic mass is 10.1. The van der Waals surface area contributed by atoms with Crippen LogP contribution in [0.1, 0.15) is 15.9 Å². The number of aliphatic hydroxyl groups is 1. The van der Waals surface area contributed by atoms with Crippen molar-refractivity contribution in [2.75, 3.05) is 32.8 Å². The summed E-state index contributed by atoms with van der Waals surface area (Å²) in [7, 11) is 0. The molecule has 0 saturated carbocycles. The number of aromatic nitrogens is 1. The van der Waals surface area contributed by atoms with Crippen LogP contribution in [0.15, 0.2) is 66.9 Å². The number of benzene rings is 2. The van der Waals surface area contributed by atoms with Crippen LogP contribution in [0.25, 0.3) is 17.0 Å². The molecule has 0 radical (unpaired) electrons. The van der Waals surface area contributed by atoms with Crippen LogP contribution in [0.4, 0.5) is 0 Å². The fourth-order valence-electron chi connectivity index (χ4n) is 3.79. The molecule has 1 atom stereocenters. The summed E-state index contributed by atoms with van der Waals surface area (Å²) in [5, 5.41) is 11.7. The molecule has 1 aliphatic rings. The first kappa shape index (κ1) is 19.6. The van der Waals surface area contributed by atoms with Gasteiger partial charge >= 0.3 is 0 Å². The topological polar surface area (TPSA) is 54.7 Å². The Morgan fingerprint density at radius 1 is 1.03 bits per heavy atom. The summed E-state index contributed by atoms with van der Waals surface area (Å²) in [4.78, 5) is 14.6. The van der Waals surface area contributed by atoms with E-state index in [-0.39, 0.29) is 5.78 Å². The van der Waals surface area contributed by atoms with Crippen LogP contribution >= 0.6 is 0 Å². The maximum atomic E-state index is 12.4. The summed E-state index contributed by atoms with van der Waals surface area (Å²) in [5.41, 5.74) is 2.71. The predicted molar refractivity (Wildman–Crippen MR) is 115 cm³/mol. The average molecular weight is 390 g/mol. The largest absolute Gasteiger partial charge is 0.390 e. The van der Waals surface area contributed by atoms with E-state index in [1.165, 1.54) is 0 Å². The van der Waals surface area contributed by atoms with E-state index < -0.39 is 6.10 Å². The smallest absolute Gasteiger partial charge is 0.185 e. The summed E-state index contributed by atoms with van der Waals surface area (Å²) >= 11 is 0. The van der Waals surface area contributed by atoms with Gasteiger partial charge in [-0.15, -0.1) is 0 Å². The van der Waals surface area contributed by atoms with Gasteiger partial charge in [0.1, 0.15) is 0 Å². The van der Waals surface area contributed by atoms with E-state index in [0.29, 0.717) is 18.7 Å². The Hall–Kier alpha value is -2.73. The van der Waals surface area contributed by atoms with Gasteiger partial charge in [0.2, 0.25) is 0 Å². The Bertz CT molecular complexity index is 988. The van der Waals surface area contributed by atoms with E-state index in [2.05, 4.69) is 9.47 Å². The van der Waals surface area contributed by atoms with Crippen molar-refractivity contribution < 1.29 is 14.6 Å². The van der Waals surface area contributed by atoms with Gasteiger partial charge in [-0.2, -0.15) is 0 Å². The number of ether oxygens (including phenoxy) is 1. The van der Waals surface area contributed by atoms with E-state index in [1.807, 2.05) is 66.9 Å². The van der Waals surface area contributed by atoms with Crippen LogP contribution in [0.5, 0.6) is 0 Å². The number of aliphatic hydroxyl groups excluding tert-OH is 1. The number of carbonyl (C=O) groups is 1. The normalized spacial score (nSPS) is 16.4. The Kier molecular flexibility index (Phi) is 6.20. The molecule has 29 heavy (non-hydrogen) atoms. The number of β-amino-alcohol motifs (C(OH)–C–C–N with tert-alkyl or cyclic N) is 1. The maximum Gasteiger partial charge on any atom is 0.185 e. The van der Waals surface area contributed by atoms with Gasteiger partial charge in [0.25, 0.3) is 0 Å². The Balaban J connectivity index is 1.52. The third-order valence-electron chi connectivity index (χ3n) is 5.27. The molecule has 0 aliphatic carbocycles. The van der Waals surface area contributed by atoms with E-state index in [0.717, 1.165) is 42.8 Å². The molecule has 3 aromatic rings. The van der Waals surface area contributed by atoms with Crippen molar-refractivity contribution in [3.8, 4) is 0 Å². The van der Waals surface area contributed by atoms with Gasteiger partial charge in [0.05, 0.1) is 19.3 Å². The second-order valence-corrected chi connectivity index (χ2v) is 7.38. The number of ketones is 1. The lowest BCUT2D eigenvalue weighted by molar-refractivity contribution is 0.0117. The highest BCUT2D eigenvalue weighted by atomic mass is 16.5. The van der Waals surface area contributed by atoms with Crippen LogP contribution < -0.4 is 0 Å². The molecule has 1 saturated heterocycles. The molecule has 5 nitrogen and oxygen atoms in total. The number of rotatable bonds is 7. The highest BCUT2D eigenvalue weighted by molar-refractivity contribution is 6.07. The van der Waals surface area contributed by atoms with Crippen LogP contribution in [0, 0.1) is 0 Å². The van der Waals surface area contributed by atoms with Gasteiger partial charge in [-0.05, 0) is 18.2 Å². The zero-order valence-corrected chi connectivity index (χ0v) is 16.4. The van der Waals surface area contributed by atoms with Gasteiger partial charge < -0.3 is 14.4 Å². The number of morpholine rings is 1. The van der Waals surface area contributed by atoms with Crippen LogP contribution in [0.3, 0.4) is 0 Å². The second kappa shape index (κ2) is 9.18. The first-order valence-corrected chi connectivity index (χ1v) is 10.0. The zero-order chi connectivity index (χ0) is 20.1. The van der Waals surface area contributed by atoms with Crippen molar-refractivity contribution in [2.24, 2.45) is 0 Å². The number of carbonyl (C=O) groups excluding carboxylic acids is 1. The van der Waals surface area contributed by atoms with E-state index in [9.17, 15) is 9.90 Å². The summed E-state index contributed by atoms with van der Waals surface area (Å²) in [5.74, 6) is -0.0187. The Labute approximate surface area is 170 Å². The first-order chi connectivity index (χ1) is 14.2. The van der Waals surface area contributed by atoms with E-state index in [4.69, 9.17) is 4.74 Å². The standard InChI is InChI=1S/C24H26N2O3/c27-21(17-25-12-14-29-15-13-25)18-26-16-20(22-8-4-5-9-23(22)26)10-11-24(28)19-6-2-1-3-7-19/h1-11,16,21,27H,12-15,17-18H2. The molecule has 0 amide bonds. The number of para-hydroxylation sites is 1. The number of nitrogens with zero attached hydrogens (tertiary/aromatic N) is 2. The van der Waals surface area contributed by atoms with Crippen molar-refractivity contribution in [1.29, 1.82) is 0 Å². The molecule has 1 aromatic heterocycles. The minimum Gasteiger partial charge on any atom is -0.390 e. The molecule has 1 N–H and O–H groups in total. The molecule has 1 fully saturated rings. The summed E-state index contributed by atoms with van der Waals surface area (Å²) in [6.07, 6.45) is 5.03. The molecule has 0 bridgehead atoms. The minimum absolute atomic E-state index is 0.0187. The third kappa shape index (κ3) is 4.82. The van der Waals surface area contributed by atoms with Crippen molar-refractivity contribution in [1.82, 2.24) is 9.47 Å². The molecular weight excluding hydrogens is 364 g/mol. The van der Waals surface area contributed by atoms with Crippen LogP contribution in [-0.4, -0.2) is 59.3 Å². The molecule has 4 rings (SSSR count). The highest BCUT2D eigenvalue weighted by Gasteiger charge is 2.16. The number of allylic oxidation sites excluding steroid dienone is 1. The summed E-state index contributed by atoms with van der Waals surface area (Å²) in [6, 6.07) is 17.3. The molecule has 1 unspecified atom stereocenters. The van der Waals surface area contributed by atoms with E-state index in [1.54, 1.807) is 6.08 Å². The lowest BCUT2D eigenvalue weighted by Gasteiger charge is -2.28. The predicted octanol–water partition coefficient (Wildman–Crippen LogP) is 3.23. The van der Waals surface area contributed by atoms with Gasteiger partial charge in [-0.25, -0.2) is 0 Å². The summed E-state index contributed by atoms with van der Waals surface area (Å²) in [6.45, 7) is 4.32. The van der Waals surface area contributed by atoms with Gasteiger partial charge in [-0.3, -0.25) is 9.69 Å². The molecule has 5 heteroatoms. The molecular formula is C24H26N2O3. The number of hydrogen-bond donors (Lipinski definition) is 1. The second-order valence-electron chi connectivity index (χ2n) is 7.38. The third-order valence-corrected chi connectivity index (χ3v) is 5.27. The van der Waals surface area contributed by atoms with Gasteiger partial charge in [0.15, 0.2) is 5.78 Å². The molecule has 0 spiro atoms. The number of fused-ring (bicyclic) bond motifs is 1. The maximum absolute atomic E-state index is 12.4. The van der Waals surface area contributed by atoms with Crippen molar-refractivity contribution >= 4 is 22.8 Å². The summed E-state index contributed by atoms with van der Waals surface area (Å²) < 4.78 is 7.45. The molecule has 2 heterocycles. The fourth-order valence-corrected chi connectivity index (χ4v) is 3.79. The minimum atomic E-state index is -0.466. The highest BCUT2D eigenvalue weighted by Crippen LogP contribution is 2.23. The molecule has 150 valence electrons.